The molecule has 0 fully saturated rings. The third-order valence-corrected chi connectivity index (χ3v) is 8.19. The Bertz CT molecular complexity index is 1430. The third-order valence-electron chi connectivity index (χ3n) is 7.12. The summed E-state index contributed by atoms with van der Waals surface area (Å²) in [5, 5.41) is 3.51. The van der Waals surface area contributed by atoms with Gasteiger partial charge in [0.15, 0.2) is 5.16 Å². The van der Waals surface area contributed by atoms with Crippen molar-refractivity contribution in [1.82, 2.24) is 19.8 Å². The van der Waals surface area contributed by atoms with Gasteiger partial charge in [0.05, 0.1) is 11.7 Å². The lowest BCUT2D eigenvalue weighted by Crippen LogP contribution is -2.40. The molecule has 0 bridgehead atoms. The van der Waals surface area contributed by atoms with Gasteiger partial charge in [0.1, 0.15) is 5.60 Å². The Morgan fingerprint density at radius 1 is 1.12 bits per heavy atom. The van der Waals surface area contributed by atoms with Gasteiger partial charge >= 0.3 is 6.09 Å². The highest BCUT2D eigenvalue weighted by Crippen LogP contribution is 2.31. The Morgan fingerprint density at radius 2 is 1.83 bits per heavy atom. The SMILES string of the molecule is CCC(c1nc2n(c(=O)c1Cc1ccccc1)CCCS2)N(CCCNC(=O)OC(C)(C)C)C(=O)c1ccc(C)cc1. The summed E-state index contributed by atoms with van der Waals surface area (Å²) >= 11 is 1.59. The number of rotatable bonds is 10. The fraction of sp³-hybridized carbons (Fsp3) is 0.455. The molecule has 42 heavy (non-hydrogen) atoms. The predicted molar refractivity (Wildman–Crippen MR) is 167 cm³/mol. The highest BCUT2D eigenvalue weighted by Gasteiger charge is 2.31. The number of hydrogen-bond acceptors (Lipinski definition) is 6. The highest BCUT2D eigenvalue weighted by atomic mass is 32.2. The van der Waals surface area contributed by atoms with Crippen molar-refractivity contribution in [2.24, 2.45) is 0 Å². The van der Waals surface area contributed by atoms with Crippen LogP contribution in [0, 0.1) is 6.92 Å². The Kier molecular flexibility index (Phi) is 10.5. The topological polar surface area (TPSA) is 93.5 Å². The van der Waals surface area contributed by atoms with Crippen LogP contribution in [-0.2, 0) is 17.7 Å². The van der Waals surface area contributed by atoms with Gasteiger partial charge in [0, 0.05) is 42.9 Å². The molecule has 0 aliphatic carbocycles. The molecule has 8 nitrogen and oxygen atoms in total. The maximum Gasteiger partial charge on any atom is 0.407 e. The normalized spacial score (nSPS) is 13.6. The Hall–Kier alpha value is -3.59. The van der Waals surface area contributed by atoms with E-state index in [0.717, 1.165) is 23.3 Å². The molecule has 1 unspecified atom stereocenters. The number of thioether (sulfide) groups is 1. The van der Waals surface area contributed by atoms with Crippen molar-refractivity contribution in [3.63, 3.8) is 0 Å². The standard InChI is InChI=1S/C33H42N4O4S/c1-6-27(28-26(22-24-12-8-7-9-13-24)30(39)37-20-11-21-42-31(37)35-28)36(29(38)25-16-14-23(2)15-17-25)19-10-18-34-32(40)41-33(3,4)5/h7-9,12-17,27H,6,10-11,18-22H2,1-5H3,(H,34,40). The summed E-state index contributed by atoms with van der Waals surface area (Å²) in [5.74, 6) is 0.778. The quantitative estimate of drug-likeness (QED) is 0.225. The summed E-state index contributed by atoms with van der Waals surface area (Å²) in [6.07, 6.45) is 1.97. The molecule has 2 heterocycles. The molecule has 0 saturated carbocycles. The van der Waals surface area contributed by atoms with E-state index >= 15 is 0 Å². The highest BCUT2D eigenvalue weighted by molar-refractivity contribution is 7.99. The van der Waals surface area contributed by atoms with Crippen LogP contribution in [0.25, 0.3) is 0 Å². The van der Waals surface area contributed by atoms with Gasteiger partial charge in [-0.25, -0.2) is 9.78 Å². The Balaban J connectivity index is 1.71. The van der Waals surface area contributed by atoms with Crippen LogP contribution in [-0.4, -0.2) is 50.9 Å². The molecule has 1 aliphatic rings. The number of benzene rings is 2. The monoisotopic (exact) mass is 590 g/mol. The predicted octanol–water partition coefficient (Wildman–Crippen LogP) is 6.15. The minimum Gasteiger partial charge on any atom is -0.444 e. The van der Waals surface area contributed by atoms with Gasteiger partial charge in [-0.2, -0.15) is 0 Å². The number of nitrogens with one attached hydrogen (secondary N) is 1. The van der Waals surface area contributed by atoms with Crippen molar-refractivity contribution in [3.05, 3.63) is 92.9 Å². The van der Waals surface area contributed by atoms with Crippen molar-refractivity contribution in [1.29, 1.82) is 0 Å². The molecular weight excluding hydrogens is 548 g/mol. The van der Waals surface area contributed by atoms with Crippen LogP contribution >= 0.6 is 11.8 Å². The first-order valence-corrected chi connectivity index (χ1v) is 15.7. The van der Waals surface area contributed by atoms with Gasteiger partial charge in [0.2, 0.25) is 0 Å². The minimum atomic E-state index is -0.593. The second-order valence-electron chi connectivity index (χ2n) is 11.7. The number of fused-ring (bicyclic) bond motifs is 1. The molecule has 1 atom stereocenters. The maximum atomic E-state index is 14.1. The van der Waals surface area contributed by atoms with E-state index in [1.165, 1.54) is 0 Å². The van der Waals surface area contributed by atoms with Crippen molar-refractivity contribution >= 4 is 23.8 Å². The Morgan fingerprint density at radius 3 is 2.50 bits per heavy atom. The first-order valence-electron chi connectivity index (χ1n) is 14.7. The summed E-state index contributed by atoms with van der Waals surface area (Å²) < 4.78 is 7.16. The zero-order valence-corrected chi connectivity index (χ0v) is 26.1. The van der Waals surface area contributed by atoms with Crippen molar-refractivity contribution in [3.8, 4) is 0 Å². The smallest absolute Gasteiger partial charge is 0.407 e. The molecule has 0 spiro atoms. The first-order chi connectivity index (χ1) is 20.1. The molecule has 0 saturated heterocycles. The van der Waals surface area contributed by atoms with Gasteiger partial charge in [-0.3, -0.25) is 14.2 Å². The van der Waals surface area contributed by atoms with Gasteiger partial charge in [0.25, 0.3) is 11.5 Å². The average molecular weight is 591 g/mol. The number of carbonyl (C=O) groups excluding carboxylic acids is 2. The van der Waals surface area contributed by atoms with Gasteiger partial charge in [-0.15, -0.1) is 0 Å². The number of carbonyl (C=O) groups is 2. The van der Waals surface area contributed by atoms with E-state index < -0.39 is 17.7 Å². The summed E-state index contributed by atoms with van der Waals surface area (Å²) in [4.78, 5) is 47.2. The van der Waals surface area contributed by atoms with E-state index in [4.69, 9.17) is 9.72 Å². The lowest BCUT2D eigenvalue weighted by molar-refractivity contribution is 0.0523. The Labute approximate surface area is 252 Å². The van der Waals surface area contributed by atoms with Crippen LogP contribution in [0.3, 0.4) is 0 Å². The van der Waals surface area contributed by atoms with Gasteiger partial charge in [-0.1, -0.05) is 66.7 Å². The molecule has 4 rings (SSSR count). The molecule has 9 heteroatoms. The van der Waals surface area contributed by atoms with Crippen LogP contribution in [0.2, 0.25) is 0 Å². The molecule has 3 aromatic rings. The molecule has 2 aromatic carbocycles. The zero-order chi connectivity index (χ0) is 30.3. The second-order valence-corrected chi connectivity index (χ2v) is 12.7. The second kappa shape index (κ2) is 14.1. The molecule has 1 N–H and O–H groups in total. The number of aryl methyl sites for hydroxylation is 1. The largest absolute Gasteiger partial charge is 0.444 e. The number of amides is 2. The average Bonchev–Trinajstić information content (AvgIpc) is 2.96. The fourth-order valence-electron chi connectivity index (χ4n) is 5.10. The van der Waals surface area contributed by atoms with Gasteiger partial charge in [-0.05, 0) is 64.7 Å². The minimum absolute atomic E-state index is 0.0289. The van der Waals surface area contributed by atoms with Crippen LogP contribution in [0.1, 0.15) is 85.7 Å². The van der Waals surface area contributed by atoms with E-state index in [1.54, 1.807) is 16.3 Å². The zero-order valence-electron chi connectivity index (χ0n) is 25.3. The summed E-state index contributed by atoms with van der Waals surface area (Å²) in [6.45, 7) is 10.8. The van der Waals surface area contributed by atoms with Crippen LogP contribution in [0.4, 0.5) is 4.79 Å². The van der Waals surface area contributed by atoms with Crippen molar-refractivity contribution < 1.29 is 14.3 Å². The molecular formula is C33H42N4O4S. The summed E-state index contributed by atoms with van der Waals surface area (Å²) in [6, 6.07) is 17.0. The number of nitrogens with zero attached hydrogens (tertiary/aromatic N) is 3. The number of ether oxygens (including phenoxy) is 1. The van der Waals surface area contributed by atoms with Gasteiger partial charge < -0.3 is 15.0 Å². The van der Waals surface area contributed by atoms with Crippen LogP contribution in [0.5, 0.6) is 0 Å². The number of alkyl carbamates (subject to hydrolysis) is 1. The van der Waals surface area contributed by atoms with Crippen LogP contribution in [0.15, 0.2) is 64.5 Å². The number of aromatic nitrogens is 2. The lowest BCUT2D eigenvalue weighted by Gasteiger charge is -2.33. The van der Waals surface area contributed by atoms with E-state index in [0.29, 0.717) is 60.9 Å². The summed E-state index contributed by atoms with van der Waals surface area (Å²) in [5.41, 5.74) is 3.34. The molecule has 1 aromatic heterocycles. The first kappa shape index (κ1) is 31.3. The molecule has 1 aliphatic heterocycles. The maximum absolute atomic E-state index is 14.1. The number of hydrogen-bond donors (Lipinski definition) is 1. The van der Waals surface area contributed by atoms with E-state index in [2.05, 4.69) is 5.32 Å². The third kappa shape index (κ3) is 8.03. The fourth-order valence-corrected chi connectivity index (χ4v) is 6.05. The van der Waals surface area contributed by atoms with E-state index in [9.17, 15) is 14.4 Å². The van der Waals surface area contributed by atoms with Crippen LogP contribution < -0.4 is 10.9 Å². The molecule has 224 valence electrons. The van der Waals surface area contributed by atoms with E-state index in [1.807, 2.05) is 94.1 Å². The molecule has 0 radical (unpaired) electrons. The molecule has 2 amide bonds. The van der Waals surface area contributed by atoms with Crippen molar-refractivity contribution in [2.45, 2.75) is 83.6 Å². The van der Waals surface area contributed by atoms with E-state index in [-0.39, 0.29) is 11.5 Å². The summed E-state index contributed by atoms with van der Waals surface area (Å²) in [7, 11) is 0. The lowest BCUT2D eigenvalue weighted by atomic mass is 9.97. The van der Waals surface area contributed by atoms with Crippen molar-refractivity contribution in [2.75, 3.05) is 18.8 Å².